The van der Waals surface area contributed by atoms with Crippen LogP contribution in [0.5, 0.6) is 0 Å². The Kier molecular flexibility index (Phi) is 5.92. The van der Waals surface area contributed by atoms with Crippen molar-refractivity contribution in [2.45, 2.75) is 70.3 Å². The van der Waals surface area contributed by atoms with Crippen molar-refractivity contribution in [1.82, 2.24) is 4.98 Å². The first-order valence-electron chi connectivity index (χ1n) is 13.3. The fourth-order valence-corrected chi connectivity index (χ4v) is 8.37. The third-order valence-electron chi connectivity index (χ3n) is 9.67. The van der Waals surface area contributed by atoms with Crippen LogP contribution in [0.4, 0.5) is 4.39 Å². The molecule has 2 saturated carbocycles. The predicted octanol–water partition coefficient (Wildman–Crippen LogP) is 7.22. The summed E-state index contributed by atoms with van der Waals surface area (Å²) in [6.07, 6.45) is 11.5. The third kappa shape index (κ3) is 3.78. The van der Waals surface area contributed by atoms with Gasteiger partial charge >= 0.3 is 0 Å². The minimum Gasteiger partial charge on any atom is -0.387 e. The minimum absolute atomic E-state index is 0.120. The highest BCUT2D eigenvalue weighted by Gasteiger charge is 2.63. The van der Waals surface area contributed by atoms with Crippen molar-refractivity contribution in [1.29, 1.82) is 0 Å². The van der Waals surface area contributed by atoms with Crippen LogP contribution < -0.4 is 0 Å². The Balaban J connectivity index is 1.45. The SMILES string of the molecule is Cc1nc(/C=C/c2cccc([C@H]3CC4(C)C(CC[C@@]4(O)CF)C4CCC5=CC(=O)CCC5=C43)c2)cs1. The van der Waals surface area contributed by atoms with Crippen LogP contribution in [-0.2, 0) is 4.79 Å². The van der Waals surface area contributed by atoms with Gasteiger partial charge in [-0.15, -0.1) is 11.3 Å². The molecule has 188 valence electrons. The van der Waals surface area contributed by atoms with Gasteiger partial charge in [0.15, 0.2) is 5.78 Å². The molecular weight excluding hydrogens is 469 g/mol. The number of fused-ring (bicyclic) bond motifs is 4. The van der Waals surface area contributed by atoms with Crippen molar-refractivity contribution in [2.75, 3.05) is 6.67 Å². The van der Waals surface area contributed by atoms with Gasteiger partial charge in [-0.05, 0) is 91.7 Å². The van der Waals surface area contributed by atoms with Gasteiger partial charge in [-0.3, -0.25) is 4.79 Å². The molecule has 2 fully saturated rings. The summed E-state index contributed by atoms with van der Waals surface area (Å²) in [5, 5.41) is 14.6. The average molecular weight is 504 g/mol. The normalized spacial score (nSPS) is 33.9. The number of hydrogen-bond donors (Lipinski definition) is 1. The number of halogens is 1. The van der Waals surface area contributed by atoms with Gasteiger partial charge in [0.1, 0.15) is 6.67 Å². The quantitative estimate of drug-likeness (QED) is 0.479. The number of benzene rings is 1. The number of hydrogen-bond acceptors (Lipinski definition) is 4. The molecule has 4 aliphatic carbocycles. The molecular formula is C31H34FNO2S. The van der Waals surface area contributed by atoms with Crippen LogP contribution in [0, 0.1) is 24.2 Å². The highest BCUT2D eigenvalue weighted by molar-refractivity contribution is 7.09. The molecule has 36 heavy (non-hydrogen) atoms. The highest BCUT2D eigenvalue weighted by atomic mass is 32.1. The van der Waals surface area contributed by atoms with Crippen LogP contribution in [0.3, 0.4) is 0 Å². The largest absolute Gasteiger partial charge is 0.387 e. The summed E-state index contributed by atoms with van der Waals surface area (Å²) in [6, 6.07) is 8.67. The molecule has 1 aromatic carbocycles. The van der Waals surface area contributed by atoms with Crippen LogP contribution in [0.2, 0.25) is 0 Å². The zero-order chi connectivity index (χ0) is 25.1. The Morgan fingerprint density at radius 2 is 2.08 bits per heavy atom. The lowest BCUT2D eigenvalue weighted by molar-refractivity contribution is -0.114. The molecule has 1 aromatic heterocycles. The zero-order valence-corrected chi connectivity index (χ0v) is 21.9. The number of carbonyl (C=O) groups is 1. The number of carbonyl (C=O) groups excluding carboxylic acids is 1. The van der Waals surface area contributed by atoms with E-state index >= 15 is 0 Å². The van der Waals surface area contributed by atoms with Crippen LogP contribution in [0.25, 0.3) is 12.2 Å². The molecule has 6 rings (SSSR count). The first kappa shape index (κ1) is 24.0. The van der Waals surface area contributed by atoms with Crippen LogP contribution in [0.1, 0.15) is 79.6 Å². The number of alkyl halides is 1. The fourth-order valence-electron chi connectivity index (χ4n) is 7.79. The van der Waals surface area contributed by atoms with E-state index in [0.717, 1.165) is 48.4 Å². The summed E-state index contributed by atoms with van der Waals surface area (Å²) in [5.74, 6) is 0.982. The molecule has 3 unspecified atom stereocenters. The highest BCUT2D eigenvalue weighted by Crippen LogP contribution is 2.66. The molecule has 0 saturated heterocycles. The zero-order valence-electron chi connectivity index (χ0n) is 21.1. The van der Waals surface area contributed by atoms with Crippen molar-refractivity contribution in [3.8, 4) is 0 Å². The molecule has 5 atom stereocenters. The number of aryl methyl sites for hydroxylation is 1. The van der Waals surface area contributed by atoms with Gasteiger partial charge in [0.2, 0.25) is 0 Å². The summed E-state index contributed by atoms with van der Waals surface area (Å²) in [4.78, 5) is 16.8. The van der Waals surface area contributed by atoms with E-state index in [4.69, 9.17) is 0 Å². The van der Waals surface area contributed by atoms with E-state index in [1.807, 2.05) is 13.0 Å². The number of ketones is 1. The van der Waals surface area contributed by atoms with E-state index < -0.39 is 17.7 Å². The maximum absolute atomic E-state index is 14.4. The van der Waals surface area contributed by atoms with Gasteiger partial charge in [0, 0.05) is 23.1 Å². The lowest BCUT2D eigenvalue weighted by atomic mass is 9.51. The van der Waals surface area contributed by atoms with E-state index in [1.54, 1.807) is 11.3 Å². The lowest BCUT2D eigenvalue weighted by Crippen LogP contribution is -2.52. The molecule has 3 nitrogen and oxygen atoms in total. The Bertz CT molecular complexity index is 1310. The molecule has 2 aromatic rings. The number of allylic oxidation sites excluding steroid dienone is 4. The molecule has 0 radical (unpaired) electrons. The molecule has 0 amide bonds. The predicted molar refractivity (Wildman–Crippen MR) is 143 cm³/mol. The molecule has 1 N–H and O–H groups in total. The van der Waals surface area contributed by atoms with Crippen molar-refractivity contribution in [2.24, 2.45) is 17.3 Å². The molecule has 5 heteroatoms. The second-order valence-electron chi connectivity index (χ2n) is 11.5. The van der Waals surface area contributed by atoms with Gasteiger partial charge in [-0.25, -0.2) is 9.37 Å². The standard InChI is InChI=1S/C31H34FNO2S/c1-19-33-23(17-36-19)8-6-20-4-3-5-21(14-20)27-16-30(2)28(12-13-31(30,35)18-32)26-10-7-22-15-24(34)9-11-25(22)29(26)27/h3-6,8,14-15,17,26-28,35H,7,9-13,16,18H2,1-2H3/b8-6+/t26?,27-,28?,30?,31-/m1/s1. The second-order valence-corrected chi connectivity index (χ2v) is 12.6. The van der Waals surface area contributed by atoms with Crippen molar-refractivity contribution < 1.29 is 14.3 Å². The molecule has 0 aliphatic heterocycles. The topological polar surface area (TPSA) is 50.2 Å². The van der Waals surface area contributed by atoms with Crippen molar-refractivity contribution in [3.05, 3.63) is 74.3 Å². The van der Waals surface area contributed by atoms with E-state index in [1.165, 1.54) is 22.3 Å². The van der Waals surface area contributed by atoms with Gasteiger partial charge in [0.05, 0.1) is 16.3 Å². The van der Waals surface area contributed by atoms with E-state index in [0.29, 0.717) is 18.8 Å². The fraction of sp³-hybridized carbons (Fsp3) is 0.484. The lowest BCUT2D eigenvalue weighted by Gasteiger charge is -2.54. The summed E-state index contributed by atoms with van der Waals surface area (Å²) in [6.45, 7) is 3.47. The van der Waals surface area contributed by atoms with Crippen LogP contribution in [-0.4, -0.2) is 28.1 Å². The Labute approximate surface area is 216 Å². The number of nitrogens with zero attached hydrogens (tertiary/aromatic N) is 1. The van der Waals surface area contributed by atoms with E-state index in [2.05, 4.69) is 53.7 Å². The summed E-state index contributed by atoms with van der Waals surface area (Å²) < 4.78 is 14.4. The van der Waals surface area contributed by atoms with Crippen LogP contribution in [0.15, 0.2) is 52.4 Å². The Morgan fingerprint density at radius 3 is 2.86 bits per heavy atom. The summed E-state index contributed by atoms with van der Waals surface area (Å²) in [7, 11) is 0. The first-order valence-corrected chi connectivity index (χ1v) is 14.1. The Hall–Kier alpha value is -2.37. The monoisotopic (exact) mass is 503 g/mol. The first-order chi connectivity index (χ1) is 17.3. The maximum Gasteiger partial charge on any atom is 0.156 e. The summed E-state index contributed by atoms with van der Waals surface area (Å²) >= 11 is 1.65. The van der Waals surface area contributed by atoms with Gasteiger partial charge in [-0.1, -0.05) is 42.8 Å². The average Bonchev–Trinajstić information content (AvgIpc) is 3.42. The van der Waals surface area contributed by atoms with Gasteiger partial charge in [0.25, 0.3) is 0 Å². The molecule has 0 bridgehead atoms. The molecule has 1 heterocycles. The second kappa shape index (κ2) is 8.88. The Morgan fingerprint density at radius 1 is 1.22 bits per heavy atom. The smallest absolute Gasteiger partial charge is 0.156 e. The van der Waals surface area contributed by atoms with Gasteiger partial charge < -0.3 is 5.11 Å². The summed E-state index contributed by atoms with van der Waals surface area (Å²) in [5.41, 5.74) is 5.67. The molecule has 0 spiro atoms. The van der Waals surface area contributed by atoms with Crippen LogP contribution >= 0.6 is 11.3 Å². The molecule has 4 aliphatic rings. The maximum atomic E-state index is 14.4. The number of aromatic nitrogens is 1. The van der Waals surface area contributed by atoms with Gasteiger partial charge in [-0.2, -0.15) is 0 Å². The van der Waals surface area contributed by atoms with E-state index in [-0.39, 0.29) is 17.6 Å². The van der Waals surface area contributed by atoms with Crippen molar-refractivity contribution >= 4 is 29.3 Å². The number of aliphatic hydroxyl groups is 1. The number of rotatable bonds is 4. The number of thiazole rings is 1. The third-order valence-corrected chi connectivity index (χ3v) is 10.5. The minimum atomic E-state index is -1.26. The van der Waals surface area contributed by atoms with Crippen molar-refractivity contribution in [3.63, 3.8) is 0 Å². The van der Waals surface area contributed by atoms with E-state index in [9.17, 15) is 14.3 Å².